The predicted octanol–water partition coefficient (Wildman–Crippen LogP) is 6.08. The lowest BCUT2D eigenvalue weighted by atomic mass is 9.91. The van der Waals surface area contributed by atoms with Crippen LogP contribution >= 0.6 is 11.8 Å². The Labute approximate surface area is 264 Å². The largest absolute Gasteiger partial charge is 0.496 e. The van der Waals surface area contributed by atoms with Gasteiger partial charge < -0.3 is 30.0 Å². The molecule has 1 fully saturated rings. The van der Waals surface area contributed by atoms with Gasteiger partial charge in [0.2, 0.25) is 11.8 Å². The smallest absolute Gasteiger partial charge is 0.220 e. The van der Waals surface area contributed by atoms with Crippen molar-refractivity contribution in [2.75, 3.05) is 19.4 Å². The molecule has 0 aromatic heterocycles. The Balaban J connectivity index is 1.38. The average Bonchev–Trinajstić information content (AvgIpc) is 3.05. The number of aliphatic hydroxyl groups excluding tert-OH is 1. The summed E-state index contributed by atoms with van der Waals surface area (Å²) in [5.41, 5.74) is 3.81. The van der Waals surface area contributed by atoms with Crippen molar-refractivity contribution in [3.63, 3.8) is 0 Å². The first-order valence-corrected chi connectivity index (χ1v) is 16.2. The topological polar surface area (TPSA) is 106 Å². The van der Waals surface area contributed by atoms with Crippen LogP contribution in [0.1, 0.15) is 74.2 Å². The van der Waals surface area contributed by atoms with Crippen LogP contribution in [-0.2, 0) is 32.2 Å². The van der Waals surface area contributed by atoms with E-state index in [0.29, 0.717) is 19.5 Å². The fraction of sp³-hybridized carbons (Fsp3) is 0.429. The van der Waals surface area contributed by atoms with Crippen LogP contribution in [0.25, 0.3) is 0 Å². The SMILES string of the molecule is COc1ccccc1SC[C@H]1O[C@@H](c2ccc(CNC(=O)CCCCCNC(C)=O)cc2)O[C@@H](c2ccc(CO)cc2)[C@H]1C. The normalized spacial score (nSPS) is 19.7. The summed E-state index contributed by atoms with van der Waals surface area (Å²) in [6, 6.07) is 23.9. The van der Waals surface area contributed by atoms with Gasteiger partial charge in [-0.25, -0.2) is 0 Å². The van der Waals surface area contributed by atoms with Crippen LogP contribution in [0.3, 0.4) is 0 Å². The Morgan fingerprint density at radius 3 is 2.30 bits per heavy atom. The van der Waals surface area contributed by atoms with Crippen molar-refractivity contribution in [1.82, 2.24) is 10.6 Å². The number of hydrogen-bond donors (Lipinski definition) is 3. The van der Waals surface area contributed by atoms with Crippen LogP contribution in [0, 0.1) is 5.92 Å². The van der Waals surface area contributed by atoms with E-state index in [-0.39, 0.29) is 36.5 Å². The molecule has 4 rings (SSSR count). The first-order valence-electron chi connectivity index (χ1n) is 15.2. The Bertz CT molecular complexity index is 1330. The van der Waals surface area contributed by atoms with Gasteiger partial charge in [-0.05, 0) is 41.7 Å². The molecule has 3 N–H and O–H groups in total. The third-order valence-corrected chi connectivity index (χ3v) is 8.94. The van der Waals surface area contributed by atoms with Gasteiger partial charge in [-0.3, -0.25) is 9.59 Å². The lowest BCUT2D eigenvalue weighted by Crippen LogP contribution is -2.38. The second-order valence-electron chi connectivity index (χ2n) is 11.1. The van der Waals surface area contributed by atoms with E-state index in [4.69, 9.17) is 14.2 Å². The maximum Gasteiger partial charge on any atom is 0.220 e. The molecule has 9 heteroatoms. The average molecular weight is 621 g/mol. The van der Waals surface area contributed by atoms with Gasteiger partial charge in [0.15, 0.2) is 6.29 Å². The number of amides is 2. The molecule has 236 valence electrons. The van der Waals surface area contributed by atoms with E-state index in [9.17, 15) is 14.7 Å². The van der Waals surface area contributed by atoms with E-state index in [2.05, 4.69) is 23.6 Å². The third kappa shape index (κ3) is 9.82. The number of carbonyl (C=O) groups is 2. The molecule has 2 amide bonds. The van der Waals surface area contributed by atoms with Gasteiger partial charge in [-0.2, -0.15) is 0 Å². The van der Waals surface area contributed by atoms with Crippen molar-refractivity contribution in [2.45, 2.75) is 76.1 Å². The minimum atomic E-state index is -0.557. The second-order valence-corrected chi connectivity index (χ2v) is 12.2. The van der Waals surface area contributed by atoms with E-state index in [0.717, 1.165) is 57.9 Å². The zero-order valence-electron chi connectivity index (χ0n) is 25.8. The summed E-state index contributed by atoms with van der Waals surface area (Å²) >= 11 is 1.71. The van der Waals surface area contributed by atoms with Gasteiger partial charge >= 0.3 is 0 Å². The number of ether oxygens (including phenoxy) is 3. The van der Waals surface area contributed by atoms with Gasteiger partial charge in [0.05, 0.1) is 25.9 Å². The molecule has 0 unspecified atom stereocenters. The fourth-order valence-corrected chi connectivity index (χ4v) is 6.35. The molecular weight excluding hydrogens is 576 g/mol. The number of benzene rings is 3. The van der Waals surface area contributed by atoms with Crippen LogP contribution in [0.4, 0.5) is 0 Å². The molecule has 3 aromatic rings. The monoisotopic (exact) mass is 620 g/mol. The Morgan fingerprint density at radius 2 is 1.59 bits per heavy atom. The van der Waals surface area contributed by atoms with Gasteiger partial charge in [0, 0.05) is 48.6 Å². The molecule has 1 aliphatic heterocycles. The van der Waals surface area contributed by atoms with Crippen LogP contribution in [0.5, 0.6) is 5.75 Å². The summed E-state index contributed by atoms with van der Waals surface area (Å²) in [6.07, 6.45) is 2.18. The van der Waals surface area contributed by atoms with Crippen molar-refractivity contribution < 1.29 is 28.9 Å². The minimum Gasteiger partial charge on any atom is -0.496 e. The zero-order chi connectivity index (χ0) is 31.3. The van der Waals surface area contributed by atoms with Gasteiger partial charge in [0.1, 0.15) is 5.75 Å². The Kier molecular flexibility index (Phi) is 13.1. The molecule has 3 aromatic carbocycles. The highest BCUT2D eigenvalue weighted by atomic mass is 32.2. The maximum atomic E-state index is 12.3. The minimum absolute atomic E-state index is 0.00198. The number of nitrogens with one attached hydrogen (secondary N) is 2. The molecule has 1 heterocycles. The van der Waals surface area contributed by atoms with Crippen molar-refractivity contribution in [1.29, 1.82) is 0 Å². The Morgan fingerprint density at radius 1 is 0.886 bits per heavy atom. The highest BCUT2D eigenvalue weighted by Gasteiger charge is 2.38. The number of unbranched alkanes of at least 4 members (excludes halogenated alkanes) is 2. The summed E-state index contributed by atoms with van der Waals surface area (Å²) in [4.78, 5) is 24.3. The summed E-state index contributed by atoms with van der Waals surface area (Å²) in [5, 5.41) is 15.3. The fourth-order valence-electron chi connectivity index (χ4n) is 5.15. The second kappa shape index (κ2) is 17.2. The molecule has 8 nitrogen and oxygen atoms in total. The van der Waals surface area contributed by atoms with Gasteiger partial charge in [-0.1, -0.05) is 74.0 Å². The first kappa shape index (κ1) is 33.5. The molecule has 0 radical (unpaired) electrons. The van der Waals surface area contributed by atoms with Crippen LogP contribution in [0.2, 0.25) is 0 Å². The lowest BCUT2D eigenvalue weighted by Gasteiger charge is -2.41. The number of carbonyl (C=O) groups excluding carboxylic acids is 2. The van der Waals surface area contributed by atoms with Crippen LogP contribution in [-0.4, -0.2) is 42.4 Å². The van der Waals surface area contributed by atoms with E-state index < -0.39 is 6.29 Å². The van der Waals surface area contributed by atoms with Crippen molar-refractivity contribution in [3.8, 4) is 5.75 Å². The molecule has 0 saturated carbocycles. The lowest BCUT2D eigenvalue weighted by molar-refractivity contribution is -0.268. The molecule has 1 saturated heterocycles. The van der Waals surface area contributed by atoms with Crippen LogP contribution in [0.15, 0.2) is 77.7 Å². The van der Waals surface area contributed by atoms with Crippen molar-refractivity contribution in [2.24, 2.45) is 5.92 Å². The predicted molar refractivity (Wildman–Crippen MR) is 172 cm³/mol. The van der Waals surface area contributed by atoms with E-state index in [1.807, 2.05) is 66.7 Å². The standard InChI is InChI=1S/C35H44N2O6S/c1-24-31(23-44-32-10-7-6-9-30(32)41-3)42-35(43-34(24)28-16-14-27(22-38)15-17-28)29-18-12-26(13-19-29)21-37-33(40)11-5-4-8-20-36-25(2)39/h6-7,9-10,12-19,24,31,34-35,38H,4-5,8,11,20-23H2,1-3H3,(H,36,39)(H,37,40)/t24-,31+,34+,35+/m0/s1. The summed E-state index contributed by atoms with van der Waals surface area (Å²) in [5.74, 6) is 1.64. The van der Waals surface area contributed by atoms with Gasteiger partial charge in [-0.15, -0.1) is 11.8 Å². The Hall–Kier alpha value is -3.37. The summed E-state index contributed by atoms with van der Waals surface area (Å²) in [7, 11) is 1.68. The number of hydrogen-bond acceptors (Lipinski definition) is 7. The van der Waals surface area contributed by atoms with Gasteiger partial charge in [0.25, 0.3) is 0 Å². The molecule has 0 spiro atoms. The highest BCUT2D eigenvalue weighted by molar-refractivity contribution is 7.99. The molecular formula is C35H44N2O6S. The van der Waals surface area contributed by atoms with E-state index in [1.54, 1.807) is 18.9 Å². The summed E-state index contributed by atoms with van der Waals surface area (Å²) < 4.78 is 18.7. The molecule has 44 heavy (non-hydrogen) atoms. The number of rotatable bonds is 15. The number of para-hydroxylation sites is 1. The maximum absolute atomic E-state index is 12.3. The van der Waals surface area contributed by atoms with Crippen molar-refractivity contribution in [3.05, 3.63) is 95.1 Å². The first-order chi connectivity index (χ1) is 21.4. The molecule has 1 aliphatic rings. The van der Waals surface area contributed by atoms with E-state index in [1.165, 1.54) is 6.92 Å². The van der Waals surface area contributed by atoms with Crippen molar-refractivity contribution >= 4 is 23.6 Å². The van der Waals surface area contributed by atoms with E-state index >= 15 is 0 Å². The number of aliphatic hydroxyl groups is 1. The molecule has 0 aliphatic carbocycles. The highest BCUT2D eigenvalue weighted by Crippen LogP contribution is 2.43. The summed E-state index contributed by atoms with van der Waals surface area (Å²) in [6.45, 7) is 4.76. The zero-order valence-corrected chi connectivity index (χ0v) is 26.6. The molecule has 4 atom stereocenters. The third-order valence-electron chi connectivity index (χ3n) is 7.79. The quantitative estimate of drug-likeness (QED) is 0.140. The number of thioether (sulfide) groups is 1. The van der Waals surface area contributed by atoms with Crippen LogP contribution < -0.4 is 15.4 Å². The molecule has 0 bridgehead atoms. The number of methoxy groups -OCH3 is 1.